The smallest absolute Gasteiger partial charge is 0.234 e. The Balaban J connectivity index is 1.79. The largest absolute Gasteiger partial charge is 0.352 e. The Morgan fingerprint density at radius 1 is 1.59 bits per heavy atom. The summed E-state index contributed by atoms with van der Waals surface area (Å²) in [5.74, 6) is -0.373. The number of rotatable bonds is 5. The third-order valence-electron chi connectivity index (χ3n) is 2.74. The molecule has 0 saturated heterocycles. The second-order valence-corrected chi connectivity index (χ2v) is 4.38. The van der Waals surface area contributed by atoms with Gasteiger partial charge >= 0.3 is 0 Å². The van der Waals surface area contributed by atoms with Crippen LogP contribution in [0.2, 0.25) is 0 Å². The minimum absolute atomic E-state index is 0.0105. The molecule has 0 bridgehead atoms. The highest BCUT2D eigenvalue weighted by molar-refractivity contribution is 5.78. The van der Waals surface area contributed by atoms with Crippen molar-refractivity contribution in [2.45, 2.75) is 31.8 Å². The van der Waals surface area contributed by atoms with Gasteiger partial charge in [-0.25, -0.2) is 4.39 Å². The van der Waals surface area contributed by atoms with Crippen LogP contribution in [0.3, 0.4) is 0 Å². The molecule has 1 atom stereocenters. The second kappa shape index (κ2) is 5.23. The zero-order chi connectivity index (χ0) is 12.3. The first-order chi connectivity index (χ1) is 8.15. The highest BCUT2D eigenvalue weighted by atomic mass is 19.1. The van der Waals surface area contributed by atoms with E-state index in [0.717, 1.165) is 24.6 Å². The number of halogens is 1. The Labute approximate surface area is 99.6 Å². The molecule has 1 heterocycles. The van der Waals surface area contributed by atoms with Crippen LogP contribution < -0.4 is 10.6 Å². The molecule has 0 aromatic carbocycles. The van der Waals surface area contributed by atoms with Crippen molar-refractivity contribution in [1.82, 2.24) is 15.6 Å². The monoisotopic (exact) mass is 237 g/mol. The first-order valence-corrected chi connectivity index (χ1v) is 5.78. The van der Waals surface area contributed by atoms with Gasteiger partial charge in [-0.1, -0.05) is 0 Å². The van der Waals surface area contributed by atoms with E-state index in [0.29, 0.717) is 6.04 Å². The van der Waals surface area contributed by atoms with E-state index in [1.807, 2.05) is 6.92 Å². The number of carbonyl (C=O) groups excluding carboxylic acids is 1. The molecule has 92 valence electrons. The molecule has 1 fully saturated rings. The summed E-state index contributed by atoms with van der Waals surface area (Å²) in [4.78, 5) is 15.2. The molecule has 2 N–H and O–H groups in total. The summed E-state index contributed by atoms with van der Waals surface area (Å²) < 4.78 is 12.9. The zero-order valence-corrected chi connectivity index (χ0v) is 9.74. The quantitative estimate of drug-likeness (QED) is 0.807. The minimum Gasteiger partial charge on any atom is -0.352 e. The lowest BCUT2D eigenvalue weighted by molar-refractivity contribution is -0.120. The van der Waals surface area contributed by atoms with Crippen LogP contribution in [0.4, 0.5) is 4.39 Å². The maximum absolute atomic E-state index is 12.9. The second-order valence-electron chi connectivity index (χ2n) is 4.38. The third kappa shape index (κ3) is 3.78. The van der Waals surface area contributed by atoms with E-state index in [2.05, 4.69) is 15.6 Å². The SMILES string of the molecule is CC(NCC(=O)NC1CC1)c1cncc(F)c1. The van der Waals surface area contributed by atoms with Gasteiger partial charge in [-0.3, -0.25) is 9.78 Å². The summed E-state index contributed by atoms with van der Waals surface area (Å²) in [6.07, 6.45) is 4.92. The van der Waals surface area contributed by atoms with E-state index in [4.69, 9.17) is 0 Å². The van der Waals surface area contributed by atoms with Gasteiger partial charge in [0.2, 0.25) is 5.91 Å². The summed E-state index contributed by atoms with van der Waals surface area (Å²) in [6, 6.07) is 1.70. The molecular weight excluding hydrogens is 221 g/mol. The van der Waals surface area contributed by atoms with Gasteiger partial charge in [0.05, 0.1) is 12.7 Å². The zero-order valence-electron chi connectivity index (χ0n) is 9.74. The van der Waals surface area contributed by atoms with Crippen LogP contribution in [0.25, 0.3) is 0 Å². The number of nitrogens with one attached hydrogen (secondary N) is 2. The Morgan fingerprint density at radius 3 is 3.00 bits per heavy atom. The molecule has 17 heavy (non-hydrogen) atoms. The highest BCUT2D eigenvalue weighted by Gasteiger charge is 2.23. The number of carbonyl (C=O) groups is 1. The molecule has 1 aromatic heterocycles. The molecule has 1 aromatic rings. The van der Waals surface area contributed by atoms with Crippen LogP contribution in [0, 0.1) is 5.82 Å². The lowest BCUT2D eigenvalue weighted by Gasteiger charge is -2.13. The predicted octanol–water partition coefficient (Wildman–Crippen LogP) is 1.15. The molecule has 1 unspecified atom stereocenters. The average Bonchev–Trinajstić information content (AvgIpc) is 3.10. The Bertz CT molecular complexity index is 406. The number of nitrogens with zero attached hydrogens (tertiary/aromatic N) is 1. The molecular formula is C12H16FN3O. The van der Waals surface area contributed by atoms with Gasteiger partial charge < -0.3 is 10.6 Å². The van der Waals surface area contributed by atoms with E-state index >= 15 is 0 Å². The summed E-state index contributed by atoms with van der Waals surface area (Å²) >= 11 is 0. The summed E-state index contributed by atoms with van der Waals surface area (Å²) in [7, 11) is 0. The first kappa shape index (κ1) is 12.0. The van der Waals surface area contributed by atoms with Crippen molar-refractivity contribution in [3.63, 3.8) is 0 Å². The molecule has 1 aliphatic carbocycles. The number of hydrogen-bond donors (Lipinski definition) is 2. The Hall–Kier alpha value is -1.49. The lowest BCUT2D eigenvalue weighted by Crippen LogP contribution is -2.36. The van der Waals surface area contributed by atoms with Crippen molar-refractivity contribution >= 4 is 5.91 Å². The van der Waals surface area contributed by atoms with Crippen molar-refractivity contribution < 1.29 is 9.18 Å². The van der Waals surface area contributed by atoms with Gasteiger partial charge in [-0.2, -0.15) is 0 Å². The van der Waals surface area contributed by atoms with E-state index in [9.17, 15) is 9.18 Å². The van der Waals surface area contributed by atoms with Crippen LogP contribution in [0.15, 0.2) is 18.5 Å². The lowest BCUT2D eigenvalue weighted by atomic mass is 10.1. The average molecular weight is 237 g/mol. The first-order valence-electron chi connectivity index (χ1n) is 5.78. The third-order valence-corrected chi connectivity index (χ3v) is 2.74. The molecule has 1 amide bonds. The van der Waals surface area contributed by atoms with E-state index in [-0.39, 0.29) is 24.3 Å². The summed E-state index contributed by atoms with van der Waals surface area (Å²) in [5.41, 5.74) is 0.740. The number of pyridine rings is 1. The van der Waals surface area contributed by atoms with Crippen molar-refractivity contribution in [1.29, 1.82) is 0 Å². The Morgan fingerprint density at radius 2 is 2.35 bits per heavy atom. The molecule has 4 nitrogen and oxygen atoms in total. The maximum Gasteiger partial charge on any atom is 0.234 e. The van der Waals surface area contributed by atoms with Gasteiger partial charge in [0, 0.05) is 18.3 Å². The summed E-state index contributed by atoms with van der Waals surface area (Å²) in [6.45, 7) is 2.12. The predicted molar refractivity (Wildman–Crippen MR) is 61.8 cm³/mol. The topological polar surface area (TPSA) is 54.0 Å². The number of hydrogen-bond acceptors (Lipinski definition) is 3. The fourth-order valence-electron chi connectivity index (χ4n) is 1.54. The van der Waals surface area contributed by atoms with Crippen LogP contribution in [-0.2, 0) is 4.79 Å². The maximum atomic E-state index is 12.9. The van der Waals surface area contributed by atoms with Crippen molar-refractivity contribution in [3.05, 3.63) is 29.8 Å². The van der Waals surface area contributed by atoms with Gasteiger partial charge in [-0.15, -0.1) is 0 Å². The molecule has 0 aliphatic heterocycles. The van der Waals surface area contributed by atoms with Gasteiger partial charge in [0.1, 0.15) is 5.82 Å². The minimum atomic E-state index is -0.362. The fourth-order valence-corrected chi connectivity index (χ4v) is 1.54. The number of aromatic nitrogens is 1. The Kier molecular flexibility index (Phi) is 3.68. The van der Waals surface area contributed by atoms with Crippen LogP contribution in [-0.4, -0.2) is 23.5 Å². The molecule has 1 saturated carbocycles. The van der Waals surface area contributed by atoms with Crippen LogP contribution in [0.1, 0.15) is 31.4 Å². The molecule has 5 heteroatoms. The van der Waals surface area contributed by atoms with Crippen LogP contribution >= 0.6 is 0 Å². The van der Waals surface area contributed by atoms with E-state index in [1.165, 1.54) is 6.07 Å². The van der Waals surface area contributed by atoms with Gasteiger partial charge in [-0.05, 0) is 31.4 Å². The normalized spacial score (nSPS) is 16.6. The standard InChI is InChI=1S/C12H16FN3O/c1-8(9-4-10(13)6-14-5-9)15-7-12(17)16-11-2-3-11/h4-6,8,11,15H,2-3,7H2,1H3,(H,16,17). The van der Waals surface area contributed by atoms with Gasteiger partial charge in [0.15, 0.2) is 0 Å². The molecule has 0 spiro atoms. The fraction of sp³-hybridized carbons (Fsp3) is 0.500. The van der Waals surface area contributed by atoms with Gasteiger partial charge in [0.25, 0.3) is 0 Å². The molecule has 1 aliphatic rings. The number of amides is 1. The van der Waals surface area contributed by atoms with Crippen LogP contribution in [0.5, 0.6) is 0 Å². The highest BCUT2D eigenvalue weighted by Crippen LogP contribution is 2.18. The summed E-state index contributed by atoms with van der Waals surface area (Å²) in [5, 5.41) is 5.92. The van der Waals surface area contributed by atoms with Crippen molar-refractivity contribution in [2.24, 2.45) is 0 Å². The van der Waals surface area contributed by atoms with Crippen molar-refractivity contribution in [2.75, 3.05) is 6.54 Å². The van der Waals surface area contributed by atoms with Crippen molar-refractivity contribution in [3.8, 4) is 0 Å². The van der Waals surface area contributed by atoms with E-state index < -0.39 is 0 Å². The molecule has 2 rings (SSSR count). The molecule has 0 radical (unpaired) electrons. The van der Waals surface area contributed by atoms with E-state index in [1.54, 1.807) is 6.20 Å².